The topological polar surface area (TPSA) is 20.2 Å². The van der Waals surface area contributed by atoms with Crippen LogP contribution in [0, 0.1) is 12.7 Å². The lowest BCUT2D eigenvalue weighted by Crippen LogP contribution is -1.96. The first-order chi connectivity index (χ1) is 8.58. The van der Waals surface area contributed by atoms with Crippen molar-refractivity contribution in [2.75, 3.05) is 0 Å². The number of hydrogen-bond donors (Lipinski definition) is 1. The predicted molar refractivity (Wildman–Crippen MR) is 72.3 cm³/mol. The highest BCUT2D eigenvalue weighted by Crippen LogP contribution is 2.35. The molecule has 94 valence electrons. The molecule has 0 aromatic heterocycles. The minimum atomic E-state index is -0.673. The van der Waals surface area contributed by atoms with Gasteiger partial charge in [-0.05, 0) is 37.6 Å². The van der Waals surface area contributed by atoms with Crippen molar-refractivity contribution in [1.82, 2.24) is 0 Å². The molecule has 0 bridgehead atoms. The lowest BCUT2D eigenvalue weighted by molar-refractivity contribution is 0.195. The Labute approximate surface area is 111 Å². The third-order valence-electron chi connectivity index (χ3n) is 2.69. The van der Waals surface area contributed by atoms with Crippen molar-refractivity contribution in [3.8, 4) is 0 Å². The van der Waals surface area contributed by atoms with E-state index in [0.717, 1.165) is 4.90 Å². The summed E-state index contributed by atoms with van der Waals surface area (Å²) in [4.78, 5) is 1.46. The molecule has 0 amide bonds. The summed E-state index contributed by atoms with van der Waals surface area (Å²) in [7, 11) is 0. The van der Waals surface area contributed by atoms with E-state index in [-0.39, 0.29) is 5.82 Å². The van der Waals surface area contributed by atoms with Gasteiger partial charge in [-0.25, -0.2) is 4.39 Å². The summed E-state index contributed by atoms with van der Waals surface area (Å²) in [5.74, 6) is -0.293. The fraction of sp³-hybridized carbons (Fsp3) is 0.200. The van der Waals surface area contributed by atoms with E-state index in [1.165, 1.54) is 23.4 Å². The normalized spacial score (nSPS) is 12.4. The average Bonchev–Trinajstić information content (AvgIpc) is 2.34. The van der Waals surface area contributed by atoms with Gasteiger partial charge in [-0.2, -0.15) is 0 Å². The fourth-order valence-corrected chi connectivity index (χ4v) is 2.72. The van der Waals surface area contributed by atoms with Gasteiger partial charge in [-0.15, -0.1) is 0 Å². The molecule has 0 aliphatic carbocycles. The molecule has 0 saturated heterocycles. The molecule has 0 aliphatic heterocycles. The van der Waals surface area contributed by atoms with E-state index in [1.807, 2.05) is 31.2 Å². The van der Waals surface area contributed by atoms with Crippen molar-refractivity contribution in [1.29, 1.82) is 0 Å². The number of aryl methyl sites for hydroxylation is 1. The molecule has 0 fully saturated rings. The number of aliphatic hydroxyl groups excluding tert-OH is 1. The summed E-state index contributed by atoms with van der Waals surface area (Å²) in [5, 5.41) is 9.67. The lowest BCUT2D eigenvalue weighted by Gasteiger charge is -2.12. The quantitative estimate of drug-likeness (QED) is 0.888. The molecule has 1 nitrogen and oxygen atoms in total. The molecule has 1 atom stereocenters. The van der Waals surface area contributed by atoms with Crippen LogP contribution in [0.3, 0.4) is 0 Å². The van der Waals surface area contributed by atoms with Crippen LogP contribution in [-0.2, 0) is 0 Å². The van der Waals surface area contributed by atoms with E-state index < -0.39 is 6.10 Å². The largest absolute Gasteiger partial charge is 0.389 e. The van der Waals surface area contributed by atoms with Crippen LogP contribution in [0.5, 0.6) is 0 Å². The highest BCUT2D eigenvalue weighted by Gasteiger charge is 2.13. The molecule has 0 aliphatic rings. The lowest BCUT2D eigenvalue weighted by atomic mass is 10.1. The van der Waals surface area contributed by atoms with Crippen LogP contribution in [-0.4, -0.2) is 5.11 Å². The number of rotatable bonds is 3. The molecule has 0 heterocycles. The summed E-state index contributed by atoms with van der Waals surface area (Å²) in [6.45, 7) is 3.66. The van der Waals surface area contributed by atoms with Crippen molar-refractivity contribution in [2.45, 2.75) is 29.7 Å². The molecule has 1 N–H and O–H groups in total. The van der Waals surface area contributed by atoms with Crippen LogP contribution in [0.1, 0.15) is 24.2 Å². The highest BCUT2D eigenvalue weighted by molar-refractivity contribution is 7.99. The molecule has 2 rings (SSSR count). The minimum Gasteiger partial charge on any atom is -0.389 e. The van der Waals surface area contributed by atoms with Gasteiger partial charge >= 0.3 is 0 Å². The molecule has 0 spiro atoms. The number of halogens is 1. The smallest absolute Gasteiger partial charge is 0.137 e. The Morgan fingerprint density at radius 1 is 1.11 bits per heavy atom. The molecule has 2 aromatic rings. The Morgan fingerprint density at radius 2 is 1.78 bits per heavy atom. The monoisotopic (exact) mass is 262 g/mol. The first-order valence-electron chi connectivity index (χ1n) is 5.79. The Morgan fingerprint density at radius 3 is 2.39 bits per heavy atom. The molecule has 0 unspecified atom stereocenters. The zero-order valence-electron chi connectivity index (χ0n) is 10.4. The van der Waals surface area contributed by atoms with Gasteiger partial charge in [0.25, 0.3) is 0 Å². The second-order valence-electron chi connectivity index (χ2n) is 4.25. The van der Waals surface area contributed by atoms with Crippen LogP contribution in [0.2, 0.25) is 0 Å². The van der Waals surface area contributed by atoms with Crippen LogP contribution >= 0.6 is 11.8 Å². The molecule has 2 aromatic carbocycles. The van der Waals surface area contributed by atoms with E-state index in [9.17, 15) is 9.50 Å². The van der Waals surface area contributed by atoms with E-state index in [0.29, 0.717) is 10.5 Å². The zero-order valence-corrected chi connectivity index (χ0v) is 11.2. The molecule has 18 heavy (non-hydrogen) atoms. The van der Waals surface area contributed by atoms with E-state index in [1.54, 1.807) is 19.1 Å². The molecule has 0 radical (unpaired) electrons. The van der Waals surface area contributed by atoms with E-state index >= 15 is 0 Å². The summed E-state index contributed by atoms with van der Waals surface area (Å²) >= 11 is 1.34. The maximum absolute atomic E-state index is 13.8. The second kappa shape index (κ2) is 5.55. The Balaban J connectivity index is 2.36. The maximum atomic E-state index is 13.8. The Kier molecular flexibility index (Phi) is 4.04. The SMILES string of the molecule is Cc1ccc(Sc2c(F)cccc2[C@H](C)O)cc1. The van der Waals surface area contributed by atoms with Gasteiger partial charge in [-0.3, -0.25) is 0 Å². The van der Waals surface area contributed by atoms with Crippen LogP contribution in [0.25, 0.3) is 0 Å². The number of benzene rings is 2. The minimum absolute atomic E-state index is 0.293. The maximum Gasteiger partial charge on any atom is 0.137 e. The third kappa shape index (κ3) is 2.92. The summed E-state index contributed by atoms with van der Waals surface area (Å²) < 4.78 is 13.8. The number of aliphatic hydroxyl groups is 1. The van der Waals surface area contributed by atoms with Gasteiger partial charge in [-0.1, -0.05) is 41.6 Å². The predicted octanol–water partition coefficient (Wildman–Crippen LogP) is 4.34. The van der Waals surface area contributed by atoms with Gasteiger partial charge in [0, 0.05) is 4.90 Å². The Hall–Kier alpha value is -1.32. The van der Waals surface area contributed by atoms with Crippen LogP contribution < -0.4 is 0 Å². The van der Waals surface area contributed by atoms with Crippen LogP contribution in [0.15, 0.2) is 52.3 Å². The average molecular weight is 262 g/mol. The van der Waals surface area contributed by atoms with Gasteiger partial charge in [0.05, 0.1) is 11.0 Å². The Bertz CT molecular complexity index is 535. The first-order valence-corrected chi connectivity index (χ1v) is 6.60. The molecular formula is C15H15FOS. The van der Waals surface area contributed by atoms with Gasteiger partial charge in [0.15, 0.2) is 0 Å². The van der Waals surface area contributed by atoms with Crippen molar-refractivity contribution >= 4 is 11.8 Å². The van der Waals surface area contributed by atoms with Gasteiger partial charge in [0.1, 0.15) is 5.82 Å². The van der Waals surface area contributed by atoms with E-state index in [2.05, 4.69) is 0 Å². The van der Waals surface area contributed by atoms with Crippen molar-refractivity contribution < 1.29 is 9.50 Å². The van der Waals surface area contributed by atoms with E-state index in [4.69, 9.17) is 0 Å². The zero-order chi connectivity index (χ0) is 13.1. The number of hydrogen-bond acceptors (Lipinski definition) is 2. The second-order valence-corrected chi connectivity index (χ2v) is 5.33. The van der Waals surface area contributed by atoms with Gasteiger partial charge < -0.3 is 5.11 Å². The first kappa shape index (κ1) is 13.1. The van der Waals surface area contributed by atoms with Crippen molar-refractivity contribution in [3.63, 3.8) is 0 Å². The fourth-order valence-electron chi connectivity index (χ4n) is 1.69. The molecule has 0 saturated carbocycles. The highest BCUT2D eigenvalue weighted by atomic mass is 32.2. The summed E-state index contributed by atoms with van der Waals surface area (Å²) in [6.07, 6.45) is -0.673. The summed E-state index contributed by atoms with van der Waals surface area (Å²) in [6, 6.07) is 12.7. The molecular weight excluding hydrogens is 247 g/mol. The molecule has 3 heteroatoms. The van der Waals surface area contributed by atoms with Crippen molar-refractivity contribution in [2.24, 2.45) is 0 Å². The van der Waals surface area contributed by atoms with Crippen LogP contribution in [0.4, 0.5) is 4.39 Å². The standard InChI is InChI=1S/C15H15FOS/c1-10-6-8-12(9-7-10)18-15-13(11(2)17)4-3-5-14(15)16/h3-9,11,17H,1-2H3/t11-/m0/s1. The third-order valence-corrected chi connectivity index (χ3v) is 3.83. The van der Waals surface area contributed by atoms with Crippen molar-refractivity contribution in [3.05, 3.63) is 59.4 Å². The summed E-state index contributed by atoms with van der Waals surface area (Å²) in [5.41, 5.74) is 1.80. The van der Waals surface area contributed by atoms with Gasteiger partial charge in [0.2, 0.25) is 0 Å².